The average molecular weight is 319 g/mol. The zero-order valence-electron chi connectivity index (χ0n) is 15.0. The molecule has 23 heavy (non-hydrogen) atoms. The maximum Gasteiger partial charge on any atom is 0.226 e. The van der Waals surface area contributed by atoms with Crippen LogP contribution in [0.5, 0.6) is 0 Å². The van der Waals surface area contributed by atoms with E-state index in [0.717, 1.165) is 24.2 Å². The van der Waals surface area contributed by atoms with Crippen molar-refractivity contribution in [3.05, 3.63) is 29.3 Å². The third-order valence-electron chi connectivity index (χ3n) is 3.88. The topological polar surface area (TPSA) is 52.7 Å². The SMILES string of the molecule is CC(=O)N(CCCN(C)C)CCC(=O)Nc1ccc(C)c(C)c1. The lowest BCUT2D eigenvalue weighted by molar-refractivity contribution is -0.129. The number of amides is 2. The van der Waals surface area contributed by atoms with E-state index in [1.807, 2.05) is 46.1 Å². The summed E-state index contributed by atoms with van der Waals surface area (Å²) in [6.07, 6.45) is 1.22. The van der Waals surface area contributed by atoms with E-state index in [0.29, 0.717) is 19.5 Å². The second-order valence-electron chi connectivity index (χ2n) is 6.26. The molecule has 0 fully saturated rings. The van der Waals surface area contributed by atoms with E-state index < -0.39 is 0 Å². The summed E-state index contributed by atoms with van der Waals surface area (Å²) < 4.78 is 0. The molecule has 0 unspecified atom stereocenters. The summed E-state index contributed by atoms with van der Waals surface area (Å²) in [5, 5.41) is 2.89. The summed E-state index contributed by atoms with van der Waals surface area (Å²) in [4.78, 5) is 27.5. The van der Waals surface area contributed by atoms with Gasteiger partial charge in [0.15, 0.2) is 0 Å². The number of nitrogens with one attached hydrogen (secondary N) is 1. The second kappa shape index (κ2) is 9.30. The molecule has 5 heteroatoms. The largest absolute Gasteiger partial charge is 0.342 e. The van der Waals surface area contributed by atoms with Crippen LogP contribution in [-0.4, -0.2) is 55.3 Å². The van der Waals surface area contributed by atoms with E-state index in [1.54, 1.807) is 11.8 Å². The molecule has 5 nitrogen and oxygen atoms in total. The highest BCUT2D eigenvalue weighted by Gasteiger charge is 2.11. The van der Waals surface area contributed by atoms with Crippen molar-refractivity contribution in [3.8, 4) is 0 Å². The number of rotatable bonds is 8. The van der Waals surface area contributed by atoms with E-state index in [1.165, 1.54) is 5.56 Å². The Balaban J connectivity index is 2.45. The van der Waals surface area contributed by atoms with Crippen molar-refractivity contribution in [2.45, 2.75) is 33.6 Å². The zero-order valence-corrected chi connectivity index (χ0v) is 15.0. The first-order valence-electron chi connectivity index (χ1n) is 8.07. The lowest BCUT2D eigenvalue weighted by Crippen LogP contribution is -2.34. The fraction of sp³-hybridized carbons (Fsp3) is 0.556. The molecule has 128 valence electrons. The molecule has 0 atom stereocenters. The Labute approximate surface area is 139 Å². The van der Waals surface area contributed by atoms with Gasteiger partial charge in [-0.05, 0) is 64.2 Å². The van der Waals surface area contributed by atoms with Crippen LogP contribution in [0, 0.1) is 13.8 Å². The molecule has 1 N–H and O–H groups in total. The first kappa shape index (κ1) is 19.2. The Morgan fingerprint density at radius 1 is 1.04 bits per heavy atom. The molecular weight excluding hydrogens is 290 g/mol. The zero-order chi connectivity index (χ0) is 17.4. The molecule has 0 saturated heterocycles. The van der Waals surface area contributed by atoms with Crippen molar-refractivity contribution in [1.82, 2.24) is 9.80 Å². The van der Waals surface area contributed by atoms with E-state index in [4.69, 9.17) is 0 Å². The van der Waals surface area contributed by atoms with E-state index in [2.05, 4.69) is 10.2 Å². The Kier molecular flexibility index (Phi) is 7.75. The average Bonchev–Trinajstić information content (AvgIpc) is 2.45. The van der Waals surface area contributed by atoms with Gasteiger partial charge in [-0.1, -0.05) is 6.07 Å². The van der Waals surface area contributed by atoms with Crippen LogP contribution in [0.2, 0.25) is 0 Å². The third kappa shape index (κ3) is 7.28. The highest BCUT2D eigenvalue weighted by molar-refractivity contribution is 5.91. The first-order valence-corrected chi connectivity index (χ1v) is 8.07. The number of hydrogen-bond acceptors (Lipinski definition) is 3. The molecule has 1 aromatic rings. The molecule has 0 aliphatic rings. The molecule has 1 rings (SSSR count). The van der Waals surface area contributed by atoms with Crippen LogP contribution in [-0.2, 0) is 9.59 Å². The maximum absolute atomic E-state index is 12.1. The maximum atomic E-state index is 12.1. The van der Waals surface area contributed by atoms with Gasteiger partial charge in [0.25, 0.3) is 0 Å². The van der Waals surface area contributed by atoms with Crippen LogP contribution in [0.3, 0.4) is 0 Å². The van der Waals surface area contributed by atoms with Crippen molar-refractivity contribution in [1.29, 1.82) is 0 Å². The van der Waals surface area contributed by atoms with Gasteiger partial charge in [0.1, 0.15) is 0 Å². The van der Waals surface area contributed by atoms with Gasteiger partial charge in [0, 0.05) is 32.1 Å². The van der Waals surface area contributed by atoms with Crippen molar-refractivity contribution >= 4 is 17.5 Å². The number of benzene rings is 1. The Bertz CT molecular complexity index is 541. The lowest BCUT2D eigenvalue weighted by atomic mass is 10.1. The molecule has 0 aliphatic carbocycles. The lowest BCUT2D eigenvalue weighted by Gasteiger charge is -2.21. The number of hydrogen-bond donors (Lipinski definition) is 1. The fourth-order valence-electron chi connectivity index (χ4n) is 2.28. The molecule has 0 radical (unpaired) electrons. The molecule has 0 aliphatic heterocycles. The molecular formula is C18H29N3O2. The minimum Gasteiger partial charge on any atom is -0.342 e. The quantitative estimate of drug-likeness (QED) is 0.801. The van der Waals surface area contributed by atoms with Crippen molar-refractivity contribution in [3.63, 3.8) is 0 Å². The van der Waals surface area contributed by atoms with Gasteiger partial charge in [-0.15, -0.1) is 0 Å². The van der Waals surface area contributed by atoms with Crippen LogP contribution in [0.4, 0.5) is 5.69 Å². The van der Waals surface area contributed by atoms with Gasteiger partial charge in [-0.3, -0.25) is 9.59 Å². The fourth-order valence-corrected chi connectivity index (χ4v) is 2.28. The van der Waals surface area contributed by atoms with Crippen LogP contribution >= 0.6 is 0 Å². The summed E-state index contributed by atoms with van der Waals surface area (Å²) in [6, 6.07) is 5.86. The molecule has 0 spiro atoms. The number of aryl methyl sites for hydroxylation is 2. The minimum atomic E-state index is -0.0629. The summed E-state index contributed by atoms with van der Waals surface area (Å²) in [6.45, 7) is 7.69. The summed E-state index contributed by atoms with van der Waals surface area (Å²) in [5.41, 5.74) is 3.16. The smallest absolute Gasteiger partial charge is 0.226 e. The predicted molar refractivity (Wildman–Crippen MR) is 94.6 cm³/mol. The molecule has 0 saturated carbocycles. The Morgan fingerprint density at radius 3 is 2.30 bits per heavy atom. The highest BCUT2D eigenvalue weighted by atomic mass is 16.2. The molecule has 0 bridgehead atoms. The molecule has 2 amide bonds. The monoisotopic (exact) mass is 319 g/mol. The van der Waals surface area contributed by atoms with E-state index in [-0.39, 0.29) is 11.8 Å². The molecule has 1 aromatic carbocycles. The van der Waals surface area contributed by atoms with Crippen molar-refractivity contribution in [2.24, 2.45) is 0 Å². The summed E-state index contributed by atoms with van der Waals surface area (Å²) >= 11 is 0. The number of carbonyl (C=O) groups excluding carboxylic acids is 2. The Morgan fingerprint density at radius 2 is 1.74 bits per heavy atom. The number of carbonyl (C=O) groups is 2. The normalized spacial score (nSPS) is 10.7. The third-order valence-corrected chi connectivity index (χ3v) is 3.88. The van der Waals surface area contributed by atoms with Crippen molar-refractivity contribution < 1.29 is 9.59 Å². The van der Waals surface area contributed by atoms with Gasteiger partial charge < -0.3 is 15.1 Å². The number of nitrogens with zero attached hydrogens (tertiary/aromatic N) is 2. The summed E-state index contributed by atoms with van der Waals surface area (Å²) in [7, 11) is 4.02. The second-order valence-corrected chi connectivity index (χ2v) is 6.26. The van der Waals surface area contributed by atoms with Crippen LogP contribution in [0.1, 0.15) is 30.9 Å². The van der Waals surface area contributed by atoms with Gasteiger partial charge in [-0.2, -0.15) is 0 Å². The van der Waals surface area contributed by atoms with E-state index in [9.17, 15) is 9.59 Å². The van der Waals surface area contributed by atoms with Gasteiger partial charge >= 0.3 is 0 Å². The van der Waals surface area contributed by atoms with E-state index >= 15 is 0 Å². The predicted octanol–water partition coefficient (Wildman–Crippen LogP) is 2.43. The number of anilines is 1. The molecule has 0 heterocycles. The van der Waals surface area contributed by atoms with Crippen LogP contribution in [0.15, 0.2) is 18.2 Å². The van der Waals surface area contributed by atoms with Gasteiger partial charge in [0.05, 0.1) is 0 Å². The molecule has 0 aromatic heterocycles. The van der Waals surface area contributed by atoms with Crippen LogP contribution in [0.25, 0.3) is 0 Å². The van der Waals surface area contributed by atoms with Gasteiger partial charge in [0.2, 0.25) is 11.8 Å². The minimum absolute atomic E-state index is 0.0164. The van der Waals surface area contributed by atoms with Crippen molar-refractivity contribution in [2.75, 3.05) is 39.0 Å². The Hall–Kier alpha value is -1.88. The first-order chi connectivity index (χ1) is 10.8. The van der Waals surface area contributed by atoms with Crippen LogP contribution < -0.4 is 5.32 Å². The highest BCUT2D eigenvalue weighted by Crippen LogP contribution is 2.14. The van der Waals surface area contributed by atoms with Gasteiger partial charge in [-0.25, -0.2) is 0 Å². The summed E-state index contributed by atoms with van der Waals surface area (Å²) in [5.74, 6) is -0.0464. The standard InChI is InChI=1S/C18H29N3O2/c1-14-7-8-17(13-15(14)2)19-18(23)9-12-21(16(3)22)11-6-10-20(4)5/h7-8,13H,6,9-12H2,1-5H3,(H,19,23).